The summed E-state index contributed by atoms with van der Waals surface area (Å²) in [6, 6.07) is 17.6. The summed E-state index contributed by atoms with van der Waals surface area (Å²) in [7, 11) is 0. The maximum Gasteiger partial charge on any atom is 0.269 e. The van der Waals surface area contributed by atoms with Crippen LogP contribution in [0, 0.1) is 17.0 Å². The Hall–Kier alpha value is -2.70. The van der Waals surface area contributed by atoms with E-state index in [0.717, 1.165) is 26.9 Å². The second kappa shape index (κ2) is 8.99. The van der Waals surface area contributed by atoms with Gasteiger partial charge >= 0.3 is 0 Å². The monoisotopic (exact) mass is 458 g/mol. The van der Waals surface area contributed by atoms with E-state index < -0.39 is 4.92 Å². The van der Waals surface area contributed by atoms with Gasteiger partial charge in [0.15, 0.2) is 0 Å². The number of ether oxygens (including phenoxy) is 1. The highest BCUT2D eigenvalue weighted by atomic mass is 79.9. The second-order valence-electron chi connectivity index (χ2n) is 6.09. The number of halogens is 2. The molecule has 0 unspecified atom stereocenters. The van der Waals surface area contributed by atoms with Crippen LogP contribution in [0.15, 0.2) is 70.1 Å². The van der Waals surface area contributed by atoms with E-state index >= 15 is 0 Å². The third-order valence-corrected chi connectivity index (χ3v) is 5.04. The first-order chi connectivity index (χ1) is 13.4. The van der Waals surface area contributed by atoms with Gasteiger partial charge in [-0.2, -0.15) is 0 Å². The Morgan fingerprint density at radius 1 is 1.14 bits per heavy atom. The summed E-state index contributed by atoms with van der Waals surface area (Å²) in [6.45, 7) is 2.26. The fraction of sp³-hybridized carbons (Fsp3) is 0.0952. The standard InChI is InChI=1S/C21H16BrClN2O3/c1-14-2-6-17(11-20(14)23)24-12-16-5-9-21(19(22)10-16)28-13-15-3-7-18(8-4-15)25(26)27/h2-12H,13H2,1H3. The minimum atomic E-state index is -0.425. The van der Waals surface area contributed by atoms with Crippen LogP contribution in [0.25, 0.3) is 0 Å². The summed E-state index contributed by atoms with van der Waals surface area (Å²) in [6.07, 6.45) is 1.76. The van der Waals surface area contributed by atoms with Crippen LogP contribution in [0.1, 0.15) is 16.7 Å². The summed E-state index contributed by atoms with van der Waals surface area (Å²) in [5.74, 6) is 0.675. The average Bonchev–Trinajstić information content (AvgIpc) is 2.68. The Morgan fingerprint density at radius 3 is 2.54 bits per heavy atom. The fourth-order valence-corrected chi connectivity index (χ4v) is 3.09. The van der Waals surface area contributed by atoms with E-state index in [0.29, 0.717) is 17.4 Å². The highest BCUT2D eigenvalue weighted by Crippen LogP contribution is 2.27. The maximum atomic E-state index is 10.7. The van der Waals surface area contributed by atoms with E-state index in [4.69, 9.17) is 16.3 Å². The third-order valence-electron chi connectivity index (χ3n) is 4.02. The normalized spacial score (nSPS) is 11.0. The van der Waals surface area contributed by atoms with Crippen LogP contribution in [-0.4, -0.2) is 11.1 Å². The third kappa shape index (κ3) is 5.18. The van der Waals surface area contributed by atoms with Crippen molar-refractivity contribution >= 4 is 45.1 Å². The predicted molar refractivity (Wildman–Crippen MR) is 115 cm³/mol. The first-order valence-electron chi connectivity index (χ1n) is 8.38. The van der Waals surface area contributed by atoms with Gasteiger partial charge in [-0.3, -0.25) is 15.1 Å². The molecule has 28 heavy (non-hydrogen) atoms. The number of non-ortho nitro benzene ring substituents is 1. The minimum Gasteiger partial charge on any atom is -0.488 e. The highest BCUT2D eigenvalue weighted by Gasteiger charge is 2.06. The van der Waals surface area contributed by atoms with Gasteiger partial charge in [-0.25, -0.2) is 0 Å². The molecule has 142 valence electrons. The van der Waals surface area contributed by atoms with Crippen LogP contribution in [0.3, 0.4) is 0 Å². The molecule has 0 spiro atoms. The molecular formula is C21H16BrClN2O3. The van der Waals surface area contributed by atoms with Crippen molar-refractivity contribution in [3.63, 3.8) is 0 Å². The molecule has 0 atom stereocenters. The Morgan fingerprint density at radius 2 is 1.89 bits per heavy atom. The molecule has 0 aromatic heterocycles. The summed E-state index contributed by atoms with van der Waals surface area (Å²) in [5, 5.41) is 11.4. The van der Waals surface area contributed by atoms with Gasteiger partial charge < -0.3 is 4.74 Å². The number of nitrogens with zero attached hydrogens (tertiary/aromatic N) is 2. The number of hydrogen-bond acceptors (Lipinski definition) is 4. The Labute approximate surface area is 175 Å². The first-order valence-corrected chi connectivity index (χ1v) is 9.55. The van der Waals surface area contributed by atoms with Crippen LogP contribution in [0.4, 0.5) is 11.4 Å². The van der Waals surface area contributed by atoms with Crippen molar-refractivity contribution < 1.29 is 9.66 Å². The van der Waals surface area contributed by atoms with Crippen LogP contribution in [-0.2, 0) is 6.61 Å². The number of rotatable bonds is 6. The molecule has 3 aromatic rings. The lowest BCUT2D eigenvalue weighted by molar-refractivity contribution is -0.384. The molecule has 0 bridgehead atoms. The molecule has 0 N–H and O–H groups in total. The average molecular weight is 460 g/mol. The van der Waals surface area contributed by atoms with Crippen molar-refractivity contribution in [2.24, 2.45) is 4.99 Å². The van der Waals surface area contributed by atoms with Gasteiger partial charge in [0.1, 0.15) is 12.4 Å². The number of aliphatic imine (C=N–C) groups is 1. The quantitative estimate of drug-likeness (QED) is 0.235. The lowest BCUT2D eigenvalue weighted by Crippen LogP contribution is -1.97. The zero-order valence-corrected chi connectivity index (χ0v) is 17.3. The molecule has 0 saturated carbocycles. The lowest BCUT2D eigenvalue weighted by atomic mass is 10.2. The summed E-state index contributed by atoms with van der Waals surface area (Å²) >= 11 is 9.62. The van der Waals surface area contributed by atoms with E-state index in [1.54, 1.807) is 18.3 Å². The molecule has 3 rings (SSSR count). The zero-order chi connectivity index (χ0) is 20.1. The topological polar surface area (TPSA) is 64.7 Å². The van der Waals surface area contributed by atoms with Gasteiger partial charge in [0.05, 0.1) is 15.1 Å². The molecule has 0 amide bonds. The number of benzene rings is 3. The Balaban J connectivity index is 1.65. The molecule has 0 aliphatic heterocycles. The molecule has 0 radical (unpaired) electrons. The van der Waals surface area contributed by atoms with Gasteiger partial charge in [-0.05, 0) is 82.0 Å². The number of aryl methyl sites for hydroxylation is 1. The van der Waals surface area contributed by atoms with Crippen molar-refractivity contribution in [1.82, 2.24) is 0 Å². The summed E-state index contributed by atoms with van der Waals surface area (Å²) in [4.78, 5) is 14.7. The largest absolute Gasteiger partial charge is 0.488 e. The van der Waals surface area contributed by atoms with Crippen molar-refractivity contribution in [2.45, 2.75) is 13.5 Å². The van der Waals surface area contributed by atoms with Crippen molar-refractivity contribution in [2.75, 3.05) is 0 Å². The number of nitro groups is 1. The van der Waals surface area contributed by atoms with Crippen LogP contribution in [0.2, 0.25) is 5.02 Å². The van der Waals surface area contributed by atoms with E-state index in [2.05, 4.69) is 20.9 Å². The molecular weight excluding hydrogens is 444 g/mol. The molecule has 0 heterocycles. The molecule has 0 aliphatic carbocycles. The van der Waals surface area contributed by atoms with Crippen LogP contribution >= 0.6 is 27.5 Å². The van der Waals surface area contributed by atoms with Gasteiger partial charge in [-0.1, -0.05) is 17.7 Å². The number of hydrogen-bond donors (Lipinski definition) is 0. The smallest absolute Gasteiger partial charge is 0.269 e. The molecule has 0 saturated heterocycles. The van der Waals surface area contributed by atoms with Crippen molar-refractivity contribution in [1.29, 1.82) is 0 Å². The predicted octanol–water partition coefficient (Wildman–Crippen LogP) is 6.65. The van der Waals surface area contributed by atoms with Crippen LogP contribution < -0.4 is 4.74 Å². The SMILES string of the molecule is Cc1ccc(N=Cc2ccc(OCc3ccc([N+](=O)[O-])cc3)c(Br)c2)cc1Cl. The van der Waals surface area contributed by atoms with Gasteiger partial charge in [0.25, 0.3) is 5.69 Å². The van der Waals surface area contributed by atoms with E-state index in [1.165, 1.54) is 12.1 Å². The second-order valence-corrected chi connectivity index (χ2v) is 7.36. The first kappa shape index (κ1) is 20.0. The van der Waals surface area contributed by atoms with Crippen molar-refractivity contribution in [3.8, 4) is 5.75 Å². The molecule has 0 aliphatic rings. The maximum absolute atomic E-state index is 10.7. The van der Waals surface area contributed by atoms with Crippen molar-refractivity contribution in [3.05, 3.63) is 97.0 Å². The molecule has 7 heteroatoms. The highest BCUT2D eigenvalue weighted by molar-refractivity contribution is 9.10. The fourth-order valence-electron chi connectivity index (χ4n) is 2.40. The van der Waals surface area contributed by atoms with E-state index in [1.807, 2.05) is 43.3 Å². The summed E-state index contributed by atoms with van der Waals surface area (Å²) in [5.41, 5.74) is 3.61. The molecule has 5 nitrogen and oxygen atoms in total. The zero-order valence-electron chi connectivity index (χ0n) is 14.9. The van der Waals surface area contributed by atoms with Gasteiger partial charge in [-0.15, -0.1) is 0 Å². The molecule has 3 aromatic carbocycles. The Bertz CT molecular complexity index is 1040. The van der Waals surface area contributed by atoms with E-state index in [9.17, 15) is 10.1 Å². The summed E-state index contributed by atoms with van der Waals surface area (Å²) < 4.78 is 6.58. The van der Waals surface area contributed by atoms with Gasteiger partial charge in [0.2, 0.25) is 0 Å². The lowest BCUT2D eigenvalue weighted by Gasteiger charge is -2.09. The molecule has 0 fully saturated rings. The number of nitro benzene ring substituents is 1. The van der Waals surface area contributed by atoms with Gasteiger partial charge in [0, 0.05) is 23.4 Å². The minimum absolute atomic E-state index is 0.0587. The van der Waals surface area contributed by atoms with E-state index in [-0.39, 0.29) is 5.69 Å². The Kier molecular flexibility index (Phi) is 6.44. The van der Waals surface area contributed by atoms with Crippen LogP contribution in [0.5, 0.6) is 5.75 Å².